The zero-order chi connectivity index (χ0) is 11.4. The second kappa shape index (κ2) is 5.64. The molecule has 0 amide bonds. The van der Waals surface area contributed by atoms with Crippen LogP contribution >= 0.6 is 11.8 Å². The van der Waals surface area contributed by atoms with Crippen molar-refractivity contribution in [2.24, 2.45) is 0 Å². The highest BCUT2D eigenvalue weighted by atomic mass is 32.2. The molecule has 0 radical (unpaired) electrons. The van der Waals surface area contributed by atoms with E-state index in [0.717, 1.165) is 11.3 Å². The van der Waals surface area contributed by atoms with Crippen LogP contribution in [0.3, 0.4) is 0 Å². The molecule has 88 valence electrons. The van der Waals surface area contributed by atoms with Gasteiger partial charge in [0.15, 0.2) is 11.6 Å². The van der Waals surface area contributed by atoms with Crippen LogP contribution in [-0.4, -0.2) is 17.5 Å². The predicted molar refractivity (Wildman–Crippen MR) is 63.5 cm³/mol. The van der Waals surface area contributed by atoms with E-state index in [-0.39, 0.29) is 0 Å². The summed E-state index contributed by atoms with van der Waals surface area (Å²) in [4.78, 5) is 0. The molecule has 1 aliphatic rings. The molecule has 1 heterocycles. The fourth-order valence-corrected chi connectivity index (χ4v) is 2.92. The van der Waals surface area contributed by atoms with E-state index < -0.39 is 11.6 Å². The van der Waals surface area contributed by atoms with E-state index in [9.17, 15) is 8.78 Å². The Bertz CT molecular complexity index is 351. The molecule has 1 unspecified atom stereocenters. The van der Waals surface area contributed by atoms with Crippen molar-refractivity contribution in [2.75, 3.05) is 11.5 Å². The van der Waals surface area contributed by atoms with Crippen molar-refractivity contribution in [3.8, 4) is 0 Å². The lowest BCUT2D eigenvalue weighted by molar-refractivity contribution is 0.494. The van der Waals surface area contributed by atoms with Gasteiger partial charge in [-0.2, -0.15) is 11.8 Å². The van der Waals surface area contributed by atoms with Crippen LogP contribution in [0.25, 0.3) is 0 Å². The van der Waals surface area contributed by atoms with Gasteiger partial charge in [-0.1, -0.05) is 6.07 Å². The van der Waals surface area contributed by atoms with Crippen molar-refractivity contribution in [3.63, 3.8) is 0 Å². The third kappa shape index (κ3) is 3.19. The topological polar surface area (TPSA) is 12.0 Å². The average Bonchev–Trinajstić information content (AvgIpc) is 2.32. The van der Waals surface area contributed by atoms with Gasteiger partial charge in [0.25, 0.3) is 0 Å². The molecule has 1 fully saturated rings. The quantitative estimate of drug-likeness (QED) is 0.876. The summed E-state index contributed by atoms with van der Waals surface area (Å²) in [5.41, 5.74) is 0.800. The van der Waals surface area contributed by atoms with Crippen LogP contribution < -0.4 is 5.32 Å². The Morgan fingerprint density at radius 2 is 2.19 bits per heavy atom. The van der Waals surface area contributed by atoms with E-state index in [1.807, 2.05) is 11.8 Å². The minimum absolute atomic E-state index is 0.506. The molecule has 0 spiro atoms. The van der Waals surface area contributed by atoms with Gasteiger partial charge in [-0.25, -0.2) is 8.78 Å². The monoisotopic (exact) mass is 243 g/mol. The van der Waals surface area contributed by atoms with Crippen LogP contribution in [0.15, 0.2) is 18.2 Å². The van der Waals surface area contributed by atoms with Crippen LogP contribution in [-0.2, 0) is 6.54 Å². The fraction of sp³-hybridized carbons (Fsp3) is 0.500. The van der Waals surface area contributed by atoms with Gasteiger partial charge in [0, 0.05) is 18.3 Å². The Morgan fingerprint density at radius 1 is 1.31 bits per heavy atom. The predicted octanol–water partition coefficient (Wildman–Crippen LogP) is 2.95. The van der Waals surface area contributed by atoms with Gasteiger partial charge in [-0.05, 0) is 36.3 Å². The van der Waals surface area contributed by atoms with Gasteiger partial charge in [0.2, 0.25) is 0 Å². The van der Waals surface area contributed by atoms with Gasteiger partial charge < -0.3 is 5.32 Å². The van der Waals surface area contributed by atoms with Gasteiger partial charge in [-0.3, -0.25) is 0 Å². The van der Waals surface area contributed by atoms with Crippen LogP contribution in [0.4, 0.5) is 8.78 Å². The van der Waals surface area contributed by atoms with Crippen molar-refractivity contribution in [1.82, 2.24) is 5.32 Å². The highest BCUT2D eigenvalue weighted by Crippen LogP contribution is 2.17. The molecule has 0 aliphatic carbocycles. The summed E-state index contributed by atoms with van der Waals surface area (Å²) in [6.45, 7) is 0.614. The average molecular weight is 243 g/mol. The van der Waals surface area contributed by atoms with E-state index in [2.05, 4.69) is 5.32 Å². The van der Waals surface area contributed by atoms with Gasteiger partial charge >= 0.3 is 0 Å². The first-order valence-corrected chi connectivity index (χ1v) is 6.66. The highest BCUT2D eigenvalue weighted by molar-refractivity contribution is 7.99. The fourth-order valence-electron chi connectivity index (χ4n) is 1.81. The summed E-state index contributed by atoms with van der Waals surface area (Å²) in [6, 6.07) is 4.58. The van der Waals surface area contributed by atoms with Gasteiger partial charge in [-0.15, -0.1) is 0 Å². The summed E-state index contributed by atoms with van der Waals surface area (Å²) in [6.07, 6.45) is 2.41. The molecule has 1 aliphatic heterocycles. The molecule has 0 saturated carbocycles. The number of nitrogens with one attached hydrogen (secondary N) is 1. The summed E-state index contributed by atoms with van der Waals surface area (Å²) in [7, 11) is 0. The second-order valence-electron chi connectivity index (χ2n) is 4.04. The molecule has 1 aromatic carbocycles. The number of rotatable bonds is 3. The molecule has 1 nitrogen and oxygen atoms in total. The lowest BCUT2D eigenvalue weighted by Crippen LogP contribution is -2.33. The zero-order valence-corrected chi connectivity index (χ0v) is 9.83. The minimum Gasteiger partial charge on any atom is -0.309 e. The standard InChI is InChI=1S/C12H15F2NS/c13-11-4-3-9(6-12(11)14)7-15-10-2-1-5-16-8-10/h3-4,6,10,15H,1-2,5,7-8H2. The largest absolute Gasteiger partial charge is 0.309 e. The zero-order valence-electron chi connectivity index (χ0n) is 9.01. The normalized spacial score (nSPS) is 21.0. The summed E-state index contributed by atoms with van der Waals surface area (Å²) in [5, 5.41) is 3.37. The lowest BCUT2D eigenvalue weighted by atomic mass is 10.1. The molecule has 1 N–H and O–H groups in total. The van der Waals surface area contributed by atoms with E-state index >= 15 is 0 Å². The van der Waals surface area contributed by atoms with Crippen molar-refractivity contribution in [2.45, 2.75) is 25.4 Å². The molecule has 0 bridgehead atoms. The number of hydrogen-bond acceptors (Lipinski definition) is 2. The Kier molecular flexibility index (Phi) is 4.18. The SMILES string of the molecule is Fc1ccc(CNC2CCCSC2)cc1F. The maximum Gasteiger partial charge on any atom is 0.159 e. The molecule has 0 aromatic heterocycles. The molecular formula is C12H15F2NS. The van der Waals surface area contributed by atoms with Crippen LogP contribution in [0.2, 0.25) is 0 Å². The molecule has 1 saturated heterocycles. The van der Waals surface area contributed by atoms with Crippen molar-refractivity contribution >= 4 is 11.8 Å². The van der Waals surface area contributed by atoms with Gasteiger partial charge in [0.1, 0.15) is 0 Å². The maximum absolute atomic E-state index is 12.9. The maximum atomic E-state index is 12.9. The van der Waals surface area contributed by atoms with Crippen molar-refractivity contribution < 1.29 is 8.78 Å². The number of thioether (sulfide) groups is 1. The summed E-state index contributed by atoms with van der Waals surface area (Å²) < 4.78 is 25.6. The highest BCUT2D eigenvalue weighted by Gasteiger charge is 2.13. The smallest absolute Gasteiger partial charge is 0.159 e. The molecule has 2 rings (SSSR count). The molecule has 4 heteroatoms. The van der Waals surface area contributed by atoms with Gasteiger partial charge in [0.05, 0.1) is 0 Å². The number of halogens is 2. The Hall–Kier alpha value is -0.610. The summed E-state index contributed by atoms with van der Waals surface area (Å²) in [5.74, 6) is 0.807. The van der Waals surface area contributed by atoms with Crippen molar-refractivity contribution in [1.29, 1.82) is 0 Å². The van der Waals surface area contributed by atoms with E-state index in [4.69, 9.17) is 0 Å². The number of benzene rings is 1. The second-order valence-corrected chi connectivity index (χ2v) is 5.19. The summed E-state index contributed by atoms with van der Waals surface area (Å²) >= 11 is 1.95. The molecule has 1 atom stereocenters. The van der Waals surface area contributed by atoms with E-state index in [1.54, 1.807) is 6.07 Å². The molecule has 1 aromatic rings. The first-order valence-electron chi connectivity index (χ1n) is 5.51. The van der Waals surface area contributed by atoms with Crippen LogP contribution in [0.5, 0.6) is 0 Å². The third-order valence-electron chi connectivity index (χ3n) is 2.74. The van der Waals surface area contributed by atoms with Crippen molar-refractivity contribution in [3.05, 3.63) is 35.4 Å². The Labute approximate surface area is 98.6 Å². The first kappa shape index (κ1) is 11.9. The number of hydrogen-bond donors (Lipinski definition) is 1. The Balaban J connectivity index is 1.86. The first-order chi connectivity index (χ1) is 7.75. The van der Waals surface area contributed by atoms with Crippen LogP contribution in [0.1, 0.15) is 18.4 Å². The van der Waals surface area contributed by atoms with Crippen LogP contribution in [0, 0.1) is 11.6 Å². The van der Waals surface area contributed by atoms with E-state index in [0.29, 0.717) is 12.6 Å². The third-order valence-corrected chi connectivity index (χ3v) is 3.95. The minimum atomic E-state index is -0.781. The Morgan fingerprint density at radius 3 is 2.88 bits per heavy atom. The lowest BCUT2D eigenvalue weighted by Gasteiger charge is -2.22. The molecule has 16 heavy (non-hydrogen) atoms. The molecular weight excluding hydrogens is 228 g/mol. The van der Waals surface area contributed by atoms with E-state index in [1.165, 1.54) is 30.7 Å².